The van der Waals surface area contributed by atoms with Crippen LogP contribution in [0.3, 0.4) is 0 Å². The SMILES string of the molecule is Cc1c(C(=O)NCCSCC(=O)O)cnn1-c1cccc(C(F)(F)F)c1. The molecule has 0 aliphatic heterocycles. The Morgan fingerprint density at radius 3 is 2.73 bits per heavy atom. The number of aromatic nitrogens is 2. The summed E-state index contributed by atoms with van der Waals surface area (Å²) in [6.07, 6.45) is -3.18. The Kier molecular flexibility index (Phi) is 6.30. The van der Waals surface area contributed by atoms with Crippen molar-refractivity contribution in [3.05, 3.63) is 47.3 Å². The fourth-order valence-electron chi connectivity index (χ4n) is 2.20. The van der Waals surface area contributed by atoms with E-state index in [1.165, 1.54) is 34.8 Å². The molecule has 0 unspecified atom stereocenters. The van der Waals surface area contributed by atoms with Gasteiger partial charge in [0.2, 0.25) is 0 Å². The third-order valence-corrected chi connectivity index (χ3v) is 4.37. The minimum atomic E-state index is -4.47. The summed E-state index contributed by atoms with van der Waals surface area (Å²) < 4.78 is 39.8. The van der Waals surface area contributed by atoms with Crippen LogP contribution in [-0.4, -0.2) is 44.8 Å². The van der Waals surface area contributed by atoms with Crippen molar-refractivity contribution in [3.63, 3.8) is 0 Å². The molecule has 10 heteroatoms. The van der Waals surface area contributed by atoms with Crippen LogP contribution in [0, 0.1) is 6.92 Å². The molecule has 1 amide bonds. The van der Waals surface area contributed by atoms with Crippen molar-refractivity contribution < 1.29 is 27.9 Å². The normalized spacial score (nSPS) is 11.4. The lowest BCUT2D eigenvalue weighted by atomic mass is 10.2. The largest absolute Gasteiger partial charge is 0.481 e. The van der Waals surface area contributed by atoms with Gasteiger partial charge in [0.15, 0.2) is 0 Å². The number of nitrogens with one attached hydrogen (secondary N) is 1. The molecule has 0 bridgehead atoms. The average molecular weight is 387 g/mol. The van der Waals surface area contributed by atoms with Crippen molar-refractivity contribution in [2.45, 2.75) is 13.1 Å². The van der Waals surface area contributed by atoms with Crippen LogP contribution in [0.15, 0.2) is 30.5 Å². The van der Waals surface area contributed by atoms with Crippen LogP contribution in [0.25, 0.3) is 5.69 Å². The van der Waals surface area contributed by atoms with E-state index in [0.29, 0.717) is 11.4 Å². The number of halogens is 3. The fraction of sp³-hybridized carbons (Fsp3) is 0.312. The summed E-state index contributed by atoms with van der Waals surface area (Å²) in [6.45, 7) is 1.85. The number of carbonyl (C=O) groups excluding carboxylic acids is 1. The van der Waals surface area contributed by atoms with E-state index < -0.39 is 23.6 Å². The van der Waals surface area contributed by atoms with E-state index in [2.05, 4.69) is 10.4 Å². The van der Waals surface area contributed by atoms with Crippen molar-refractivity contribution in [1.29, 1.82) is 0 Å². The maximum absolute atomic E-state index is 12.8. The number of amides is 1. The summed E-state index contributed by atoms with van der Waals surface area (Å²) in [5, 5.41) is 15.2. The molecule has 2 rings (SSSR count). The minimum absolute atomic E-state index is 0.0532. The lowest BCUT2D eigenvalue weighted by Gasteiger charge is -2.10. The Morgan fingerprint density at radius 1 is 1.35 bits per heavy atom. The van der Waals surface area contributed by atoms with Gasteiger partial charge in [-0.25, -0.2) is 4.68 Å². The van der Waals surface area contributed by atoms with Crippen LogP contribution in [0.1, 0.15) is 21.6 Å². The van der Waals surface area contributed by atoms with Crippen LogP contribution < -0.4 is 5.32 Å². The summed E-state index contributed by atoms with van der Waals surface area (Å²) in [5.41, 5.74) is 0.0467. The molecule has 1 aromatic carbocycles. The van der Waals surface area contributed by atoms with E-state index in [9.17, 15) is 22.8 Å². The summed E-state index contributed by atoms with van der Waals surface area (Å²) in [5.74, 6) is -0.975. The van der Waals surface area contributed by atoms with Crippen LogP contribution in [-0.2, 0) is 11.0 Å². The van der Waals surface area contributed by atoms with Crippen LogP contribution in [0.4, 0.5) is 13.2 Å². The molecule has 140 valence electrons. The fourth-order valence-corrected chi connectivity index (χ4v) is 2.76. The number of rotatable bonds is 7. The molecule has 26 heavy (non-hydrogen) atoms. The molecule has 2 aromatic rings. The second-order valence-corrected chi connectivity index (χ2v) is 6.41. The van der Waals surface area contributed by atoms with Gasteiger partial charge in [-0.1, -0.05) is 6.07 Å². The molecule has 0 aliphatic carbocycles. The third kappa shape index (κ3) is 5.01. The Labute approximate surface area is 151 Å². The average Bonchev–Trinajstić information content (AvgIpc) is 2.95. The number of aliphatic carboxylic acids is 1. The molecule has 1 heterocycles. The number of benzene rings is 1. The zero-order valence-corrected chi connectivity index (χ0v) is 14.5. The van der Waals surface area contributed by atoms with E-state index in [-0.39, 0.29) is 23.5 Å². The molecule has 0 radical (unpaired) electrons. The first-order chi connectivity index (χ1) is 12.2. The number of carboxylic acid groups (broad SMARTS) is 1. The van der Waals surface area contributed by atoms with Gasteiger partial charge >= 0.3 is 12.1 Å². The van der Waals surface area contributed by atoms with Crippen molar-refractivity contribution >= 4 is 23.6 Å². The Morgan fingerprint density at radius 2 is 2.08 bits per heavy atom. The first-order valence-electron chi connectivity index (χ1n) is 7.50. The van der Waals surface area contributed by atoms with E-state index in [1.54, 1.807) is 6.92 Å². The first-order valence-corrected chi connectivity index (χ1v) is 8.65. The van der Waals surface area contributed by atoms with Gasteiger partial charge in [-0.15, -0.1) is 11.8 Å². The highest BCUT2D eigenvalue weighted by molar-refractivity contribution is 7.99. The van der Waals surface area contributed by atoms with Crippen LogP contribution in [0.2, 0.25) is 0 Å². The van der Waals surface area contributed by atoms with Crippen LogP contribution in [0.5, 0.6) is 0 Å². The predicted molar refractivity (Wildman–Crippen MR) is 90.6 cm³/mol. The van der Waals surface area contributed by atoms with E-state index >= 15 is 0 Å². The molecule has 6 nitrogen and oxygen atoms in total. The van der Waals surface area contributed by atoms with Gasteiger partial charge in [0.05, 0.1) is 34.5 Å². The topological polar surface area (TPSA) is 84.2 Å². The van der Waals surface area contributed by atoms with Gasteiger partial charge in [-0.05, 0) is 25.1 Å². The maximum atomic E-state index is 12.8. The molecule has 0 spiro atoms. The summed E-state index contributed by atoms with van der Waals surface area (Å²) in [6, 6.07) is 4.67. The quantitative estimate of drug-likeness (QED) is 0.714. The lowest BCUT2D eigenvalue weighted by Crippen LogP contribution is -2.26. The predicted octanol–water partition coefficient (Wildman–Crippen LogP) is 2.75. The molecule has 2 N–H and O–H groups in total. The van der Waals surface area contributed by atoms with Crippen molar-refractivity contribution in [2.24, 2.45) is 0 Å². The molecule has 0 saturated carbocycles. The Bertz CT molecular complexity index is 806. The number of carbonyl (C=O) groups is 2. The van der Waals surface area contributed by atoms with Gasteiger partial charge in [0.25, 0.3) is 5.91 Å². The molecular formula is C16H16F3N3O3S. The van der Waals surface area contributed by atoms with Gasteiger partial charge in [-0.3, -0.25) is 9.59 Å². The molecular weight excluding hydrogens is 371 g/mol. The standard InChI is InChI=1S/C16H16F3N3O3S/c1-10-13(15(25)20-5-6-26-9-14(23)24)8-21-22(10)12-4-2-3-11(7-12)16(17,18)19/h2-4,7-8H,5-6,9H2,1H3,(H,20,25)(H,23,24). The third-order valence-electron chi connectivity index (χ3n) is 3.43. The molecule has 1 aromatic heterocycles. The number of thioether (sulfide) groups is 1. The van der Waals surface area contributed by atoms with Crippen molar-refractivity contribution in [3.8, 4) is 5.69 Å². The molecule has 0 atom stereocenters. The monoisotopic (exact) mass is 387 g/mol. The van der Waals surface area contributed by atoms with Crippen molar-refractivity contribution in [1.82, 2.24) is 15.1 Å². The van der Waals surface area contributed by atoms with E-state index in [0.717, 1.165) is 12.1 Å². The smallest absolute Gasteiger partial charge is 0.416 e. The lowest BCUT2D eigenvalue weighted by molar-refractivity contribution is -0.137. The molecule has 0 saturated heterocycles. The Balaban J connectivity index is 2.08. The van der Waals surface area contributed by atoms with Gasteiger partial charge in [0.1, 0.15) is 0 Å². The van der Waals surface area contributed by atoms with Crippen LogP contribution >= 0.6 is 11.8 Å². The van der Waals surface area contributed by atoms with Crippen molar-refractivity contribution in [2.75, 3.05) is 18.1 Å². The molecule has 0 aliphatic rings. The number of carboxylic acids is 1. The summed E-state index contributed by atoms with van der Waals surface area (Å²) in [7, 11) is 0. The minimum Gasteiger partial charge on any atom is -0.481 e. The zero-order valence-electron chi connectivity index (χ0n) is 13.7. The Hall–Kier alpha value is -2.49. The first kappa shape index (κ1) is 19.8. The highest BCUT2D eigenvalue weighted by Gasteiger charge is 2.30. The number of hydrogen-bond acceptors (Lipinski definition) is 4. The van der Waals surface area contributed by atoms with Gasteiger partial charge < -0.3 is 10.4 Å². The number of alkyl halides is 3. The van der Waals surface area contributed by atoms with Gasteiger partial charge in [-0.2, -0.15) is 18.3 Å². The van der Waals surface area contributed by atoms with E-state index in [1.807, 2.05) is 0 Å². The summed E-state index contributed by atoms with van der Waals surface area (Å²) in [4.78, 5) is 22.6. The second kappa shape index (κ2) is 8.26. The number of nitrogens with zero attached hydrogens (tertiary/aromatic N) is 2. The second-order valence-electron chi connectivity index (χ2n) is 5.31. The maximum Gasteiger partial charge on any atom is 0.416 e. The van der Waals surface area contributed by atoms with Gasteiger partial charge in [0, 0.05) is 12.3 Å². The highest BCUT2D eigenvalue weighted by Crippen LogP contribution is 2.30. The summed E-state index contributed by atoms with van der Waals surface area (Å²) >= 11 is 1.17. The molecule has 0 fully saturated rings. The number of hydrogen-bond donors (Lipinski definition) is 2. The highest BCUT2D eigenvalue weighted by atomic mass is 32.2. The van der Waals surface area contributed by atoms with E-state index in [4.69, 9.17) is 5.11 Å². The zero-order chi connectivity index (χ0) is 19.3.